The molecule has 1 heterocycles. The van der Waals surface area contributed by atoms with E-state index >= 15 is 0 Å². The molecule has 0 spiro atoms. The van der Waals surface area contributed by atoms with Gasteiger partial charge >= 0.3 is 5.97 Å². The second kappa shape index (κ2) is 12.5. The number of nitrogens with zero attached hydrogens (tertiary/aromatic N) is 1. The summed E-state index contributed by atoms with van der Waals surface area (Å²) in [6.45, 7) is 1.92. The molecule has 0 fully saturated rings. The number of rotatable bonds is 11. The number of hydrogen-bond acceptors (Lipinski definition) is 8. The molecule has 180 valence electrons. The molecule has 3 rings (SSSR count). The summed E-state index contributed by atoms with van der Waals surface area (Å²) in [7, 11) is 1.54. The number of methoxy groups -OCH3 is 1. The zero-order chi connectivity index (χ0) is 25.0. The van der Waals surface area contributed by atoms with Crippen LogP contribution >= 0.6 is 0 Å². The number of hydrogen-bond donors (Lipinski definition) is 1. The number of nitrogens with one attached hydrogen (secondary N) is 1. The lowest BCUT2D eigenvalue weighted by molar-refractivity contribution is -0.136. The van der Waals surface area contributed by atoms with Gasteiger partial charge in [-0.25, -0.2) is 4.79 Å². The Morgan fingerprint density at radius 2 is 1.89 bits per heavy atom. The van der Waals surface area contributed by atoms with Crippen LogP contribution in [0.3, 0.4) is 0 Å². The molecule has 0 aliphatic heterocycles. The van der Waals surface area contributed by atoms with E-state index in [0.717, 1.165) is 0 Å². The van der Waals surface area contributed by atoms with Crippen molar-refractivity contribution in [3.05, 3.63) is 77.8 Å². The number of furan rings is 1. The van der Waals surface area contributed by atoms with Crippen LogP contribution in [0.15, 0.2) is 70.9 Å². The van der Waals surface area contributed by atoms with Gasteiger partial charge in [-0.15, -0.1) is 0 Å². The van der Waals surface area contributed by atoms with Crippen molar-refractivity contribution in [1.82, 2.24) is 5.32 Å². The summed E-state index contributed by atoms with van der Waals surface area (Å²) in [5.74, 6) is 0.911. The summed E-state index contributed by atoms with van der Waals surface area (Å²) in [5, 5.41) is 12.0. The van der Waals surface area contributed by atoms with Gasteiger partial charge in [0.25, 0.3) is 5.91 Å². The molecule has 0 radical (unpaired) electrons. The highest BCUT2D eigenvalue weighted by Gasteiger charge is 2.14. The molecule has 1 N–H and O–H groups in total. The molecular formula is C26H24N2O7. The Bertz CT molecular complexity index is 1230. The third-order valence-corrected chi connectivity index (χ3v) is 4.57. The summed E-state index contributed by atoms with van der Waals surface area (Å²) < 4.78 is 26.7. The van der Waals surface area contributed by atoms with Crippen molar-refractivity contribution >= 4 is 18.0 Å². The lowest BCUT2D eigenvalue weighted by Crippen LogP contribution is -2.23. The minimum Gasteiger partial charge on any atom is -0.497 e. The number of esters is 1. The van der Waals surface area contributed by atoms with E-state index in [2.05, 4.69) is 5.32 Å². The van der Waals surface area contributed by atoms with Gasteiger partial charge in [0.05, 0.1) is 26.5 Å². The van der Waals surface area contributed by atoms with E-state index in [1.807, 2.05) is 6.07 Å². The monoisotopic (exact) mass is 476 g/mol. The van der Waals surface area contributed by atoms with Crippen molar-refractivity contribution in [3.63, 3.8) is 0 Å². The first-order valence-electron chi connectivity index (χ1n) is 10.7. The van der Waals surface area contributed by atoms with Crippen molar-refractivity contribution in [1.29, 1.82) is 5.26 Å². The van der Waals surface area contributed by atoms with Crippen molar-refractivity contribution in [2.45, 2.75) is 13.5 Å². The minimum absolute atomic E-state index is 0.101. The third-order valence-electron chi connectivity index (χ3n) is 4.57. The van der Waals surface area contributed by atoms with E-state index in [-0.39, 0.29) is 30.2 Å². The molecule has 0 saturated carbocycles. The quantitative estimate of drug-likeness (QED) is 0.192. The summed E-state index contributed by atoms with van der Waals surface area (Å²) in [4.78, 5) is 24.7. The fourth-order valence-electron chi connectivity index (χ4n) is 2.94. The van der Waals surface area contributed by atoms with Gasteiger partial charge in [-0.1, -0.05) is 12.1 Å². The summed E-state index contributed by atoms with van der Waals surface area (Å²) in [6.07, 6.45) is 2.91. The Morgan fingerprint density at radius 1 is 1.06 bits per heavy atom. The molecule has 0 saturated heterocycles. The first-order valence-corrected chi connectivity index (χ1v) is 10.7. The van der Waals surface area contributed by atoms with Crippen LogP contribution in [-0.2, 0) is 16.1 Å². The molecule has 0 atom stereocenters. The van der Waals surface area contributed by atoms with E-state index in [0.29, 0.717) is 29.4 Å². The predicted molar refractivity (Wildman–Crippen MR) is 126 cm³/mol. The SMILES string of the molecule is CCOc1cc(/C=C(\C#N)C(=O)NCc2ccco2)ccc1OC(=O)COc1cccc(OC)c1. The molecule has 0 aliphatic rings. The topological polar surface area (TPSA) is 120 Å². The summed E-state index contributed by atoms with van der Waals surface area (Å²) in [6, 6.07) is 16.9. The normalized spacial score (nSPS) is 10.7. The molecular weight excluding hydrogens is 452 g/mol. The van der Waals surface area contributed by atoms with Crippen molar-refractivity contribution < 1.29 is 33.0 Å². The molecule has 0 bridgehead atoms. The van der Waals surface area contributed by atoms with Crippen LogP contribution < -0.4 is 24.3 Å². The number of carbonyl (C=O) groups excluding carboxylic acids is 2. The number of nitriles is 1. The number of benzene rings is 2. The minimum atomic E-state index is -0.632. The Labute approximate surface area is 202 Å². The second-order valence-corrected chi connectivity index (χ2v) is 7.01. The zero-order valence-electron chi connectivity index (χ0n) is 19.3. The maximum atomic E-state index is 12.4. The summed E-state index contributed by atoms with van der Waals surface area (Å²) in [5.41, 5.74) is 0.418. The van der Waals surface area contributed by atoms with Gasteiger partial charge in [-0.05, 0) is 55.0 Å². The zero-order valence-corrected chi connectivity index (χ0v) is 19.3. The molecule has 3 aromatic rings. The summed E-state index contributed by atoms with van der Waals surface area (Å²) >= 11 is 0. The van der Waals surface area contributed by atoms with E-state index < -0.39 is 11.9 Å². The second-order valence-electron chi connectivity index (χ2n) is 7.01. The van der Waals surface area contributed by atoms with Crippen LogP contribution in [0.25, 0.3) is 6.08 Å². The highest BCUT2D eigenvalue weighted by molar-refractivity contribution is 6.01. The third kappa shape index (κ3) is 7.40. The maximum absolute atomic E-state index is 12.4. The highest BCUT2D eigenvalue weighted by Crippen LogP contribution is 2.30. The molecule has 1 aromatic heterocycles. The average molecular weight is 476 g/mol. The smallest absolute Gasteiger partial charge is 0.349 e. The van der Waals surface area contributed by atoms with Gasteiger partial charge < -0.3 is 28.7 Å². The molecule has 0 unspecified atom stereocenters. The average Bonchev–Trinajstić information content (AvgIpc) is 3.40. The van der Waals surface area contributed by atoms with Crippen LogP contribution in [0.4, 0.5) is 0 Å². The van der Waals surface area contributed by atoms with E-state index in [1.54, 1.807) is 55.5 Å². The standard InChI is InChI=1S/C26H24N2O7/c1-3-32-24-13-18(12-19(15-27)26(30)28-16-22-8-5-11-33-22)9-10-23(24)35-25(29)17-34-21-7-4-6-20(14-21)31-2/h4-14H,3,16-17H2,1-2H3,(H,28,30)/b19-12+. The van der Waals surface area contributed by atoms with E-state index in [9.17, 15) is 14.9 Å². The maximum Gasteiger partial charge on any atom is 0.349 e. The largest absolute Gasteiger partial charge is 0.497 e. The molecule has 0 aliphatic carbocycles. The van der Waals surface area contributed by atoms with E-state index in [4.69, 9.17) is 23.4 Å². The van der Waals surface area contributed by atoms with Gasteiger partial charge in [-0.3, -0.25) is 4.79 Å². The van der Waals surface area contributed by atoms with Crippen LogP contribution in [0.5, 0.6) is 23.0 Å². The van der Waals surface area contributed by atoms with Crippen molar-refractivity contribution in [2.24, 2.45) is 0 Å². The van der Waals surface area contributed by atoms with E-state index in [1.165, 1.54) is 25.5 Å². The fraction of sp³-hybridized carbons (Fsp3) is 0.192. The van der Waals surface area contributed by atoms with Gasteiger partial charge in [0.2, 0.25) is 0 Å². The Balaban J connectivity index is 1.67. The number of carbonyl (C=O) groups is 2. The van der Waals surface area contributed by atoms with Crippen molar-refractivity contribution in [3.8, 4) is 29.1 Å². The molecule has 9 heteroatoms. The van der Waals surface area contributed by atoms with Crippen LogP contribution in [-0.4, -0.2) is 32.2 Å². The highest BCUT2D eigenvalue weighted by atomic mass is 16.6. The molecule has 1 amide bonds. The van der Waals surface area contributed by atoms with Gasteiger partial charge in [0, 0.05) is 6.07 Å². The number of amides is 1. The van der Waals surface area contributed by atoms with Crippen LogP contribution in [0, 0.1) is 11.3 Å². The first kappa shape index (κ1) is 24.9. The predicted octanol–water partition coefficient (Wildman–Crippen LogP) is 3.89. The fourth-order valence-corrected chi connectivity index (χ4v) is 2.94. The lowest BCUT2D eigenvalue weighted by atomic mass is 10.1. The number of ether oxygens (including phenoxy) is 4. The Hall–Kier alpha value is -4.71. The van der Waals surface area contributed by atoms with Crippen LogP contribution in [0.1, 0.15) is 18.2 Å². The first-order chi connectivity index (χ1) is 17.0. The molecule has 35 heavy (non-hydrogen) atoms. The molecule has 2 aromatic carbocycles. The Kier molecular flexibility index (Phi) is 8.91. The van der Waals surface area contributed by atoms with Crippen molar-refractivity contribution in [2.75, 3.05) is 20.3 Å². The Morgan fingerprint density at radius 3 is 2.60 bits per heavy atom. The van der Waals surface area contributed by atoms with Gasteiger partial charge in [0.15, 0.2) is 18.1 Å². The lowest BCUT2D eigenvalue weighted by Gasteiger charge is -2.12. The molecule has 9 nitrogen and oxygen atoms in total. The van der Waals surface area contributed by atoms with Crippen LogP contribution in [0.2, 0.25) is 0 Å². The van der Waals surface area contributed by atoms with Gasteiger partial charge in [-0.2, -0.15) is 5.26 Å². The van der Waals surface area contributed by atoms with Gasteiger partial charge in [0.1, 0.15) is 28.9 Å².